The first-order chi connectivity index (χ1) is 8.17. The second kappa shape index (κ2) is 4.89. The zero-order chi connectivity index (χ0) is 12.3. The molecule has 2 nitrogen and oxygen atoms in total. The molecular weight excluding hydrogens is 208 g/mol. The van der Waals surface area contributed by atoms with E-state index < -0.39 is 0 Å². The van der Waals surface area contributed by atoms with Crippen molar-refractivity contribution in [1.82, 2.24) is 5.32 Å². The van der Waals surface area contributed by atoms with E-state index in [1.165, 1.54) is 24.0 Å². The molecule has 1 atom stereocenters. The fourth-order valence-electron chi connectivity index (χ4n) is 2.31. The molecule has 0 saturated heterocycles. The number of rotatable bonds is 5. The van der Waals surface area contributed by atoms with E-state index >= 15 is 0 Å². The Hall–Kier alpha value is -1.33. The van der Waals surface area contributed by atoms with Crippen molar-refractivity contribution < 1.29 is 0 Å². The van der Waals surface area contributed by atoms with Gasteiger partial charge in [-0.3, -0.25) is 0 Å². The maximum Gasteiger partial charge on any atom is 0.0628 e. The minimum absolute atomic E-state index is 0.283. The summed E-state index contributed by atoms with van der Waals surface area (Å²) in [6.45, 7) is 5.32. The van der Waals surface area contributed by atoms with Gasteiger partial charge >= 0.3 is 0 Å². The topological polar surface area (TPSA) is 35.8 Å². The Kier molecular flexibility index (Phi) is 3.49. The van der Waals surface area contributed by atoms with Gasteiger partial charge in [0.05, 0.1) is 6.07 Å². The highest BCUT2D eigenvalue weighted by molar-refractivity contribution is 5.28. The quantitative estimate of drug-likeness (QED) is 0.839. The minimum atomic E-state index is 0.283. The van der Waals surface area contributed by atoms with Crippen molar-refractivity contribution in [1.29, 1.82) is 5.26 Å². The van der Waals surface area contributed by atoms with Gasteiger partial charge in [-0.05, 0) is 43.2 Å². The van der Waals surface area contributed by atoms with Gasteiger partial charge in [0, 0.05) is 19.0 Å². The van der Waals surface area contributed by atoms with Gasteiger partial charge in [-0.25, -0.2) is 0 Å². The Morgan fingerprint density at radius 3 is 2.71 bits per heavy atom. The van der Waals surface area contributed by atoms with Crippen LogP contribution in [0.2, 0.25) is 0 Å². The standard InChI is InChI=1S/C15H20N2/c1-12-5-3-4-6-14(12)13(2)17-11-15(7-8-15)9-10-16/h3-6,13,17H,7-9,11H2,1-2H3. The molecule has 17 heavy (non-hydrogen) atoms. The normalized spacial score (nSPS) is 18.4. The number of nitrogens with one attached hydrogen (secondary N) is 1. The van der Waals surface area contributed by atoms with E-state index in [1.807, 2.05) is 0 Å². The first-order valence-corrected chi connectivity index (χ1v) is 6.33. The summed E-state index contributed by atoms with van der Waals surface area (Å²) in [6.07, 6.45) is 3.10. The third kappa shape index (κ3) is 2.87. The van der Waals surface area contributed by atoms with Gasteiger partial charge in [0.25, 0.3) is 0 Å². The van der Waals surface area contributed by atoms with Crippen molar-refractivity contribution in [3.05, 3.63) is 35.4 Å². The van der Waals surface area contributed by atoms with Crippen LogP contribution in [0.15, 0.2) is 24.3 Å². The third-order valence-electron chi connectivity index (χ3n) is 3.85. The average molecular weight is 228 g/mol. The summed E-state index contributed by atoms with van der Waals surface area (Å²) in [5, 5.41) is 12.4. The van der Waals surface area contributed by atoms with Gasteiger partial charge in [0.2, 0.25) is 0 Å². The molecule has 1 unspecified atom stereocenters. The molecule has 0 spiro atoms. The summed E-state index contributed by atoms with van der Waals surface area (Å²) >= 11 is 0. The van der Waals surface area contributed by atoms with Crippen LogP contribution in [0.4, 0.5) is 0 Å². The zero-order valence-electron chi connectivity index (χ0n) is 10.7. The molecule has 1 N–H and O–H groups in total. The molecule has 2 heteroatoms. The molecule has 1 aliphatic carbocycles. The van der Waals surface area contributed by atoms with Crippen molar-refractivity contribution in [3.8, 4) is 6.07 Å². The number of nitrogens with zero attached hydrogens (tertiary/aromatic N) is 1. The van der Waals surface area contributed by atoms with Gasteiger partial charge in [-0.2, -0.15) is 5.26 Å². The Morgan fingerprint density at radius 2 is 2.12 bits per heavy atom. The van der Waals surface area contributed by atoms with E-state index in [2.05, 4.69) is 49.5 Å². The molecule has 0 aliphatic heterocycles. The SMILES string of the molecule is Cc1ccccc1C(C)NCC1(CC#N)CC1. The number of nitriles is 1. The fourth-order valence-corrected chi connectivity index (χ4v) is 2.31. The Morgan fingerprint density at radius 1 is 1.41 bits per heavy atom. The van der Waals surface area contributed by atoms with Crippen molar-refractivity contribution in [2.45, 2.75) is 39.2 Å². The summed E-state index contributed by atoms with van der Waals surface area (Å²) in [6, 6.07) is 11.2. The van der Waals surface area contributed by atoms with E-state index in [0.717, 1.165) is 6.54 Å². The van der Waals surface area contributed by atoms with Crippen LogP contribution >= 0.6 is 0 Å². The van der Waals surface area contributed by atoms with Crippen molar-refractivity contribution in [2.24, 2.45) is 5.41 Å². The molecule has 0 heterocycles. The van der Waals surface area contributed by atoms with E-state index in [-0.39, 0.29) is 5.41 Å². The lowest BCUT2D eigenvalue weighted by molar-refractivity contribution is 0.432. The summed E-state index contributed by atoms with van der Waals surface area (Å²) in [4.78, 5) is 0. The van der Waals surface area contributed by atoms with Crippen LogP contribution in [-0.4, -0.2) is 6.54 Å². The predicted octanol–water partition coefficient (Wildman–Crippen LogP) is 3.34. The van der Waals surface area contributed by atoms with Gasteiger partial charge in [0.1, 0.15) is 0 Å². The average Bonchev–Trinajstić information content (AvgIpc) is 3.08. The molecule has 1 saturated carbocycles. The fraction of sp³-hybridized carbons (Fsp3) is 0.533. The number of hydrogen-bond acceptors (Lipinski definition) is 2. The summed E-state index contributed by atoms with van der Waals surface area (Å²) in [7, 11) is 0. The van der Waals surface area contributed by atoms with Crippen molar-refractivity contribution in [3.63, 3.8) is 0 Å². The lowest BCUT2D eigenvalue weighted by atomic mass is 10.00. The van der Waals surface area contributed by atoms with Gasteiger partial charge < -0.3 is 5.32 Å². The summed E-state index contributed by atoms with van der Waals surface area (Å²) in [5.41, 5.74) is 2.98. The van der Waals surface area contributed by atoms with E-state index in [4.69, 9.17) is 5.26 Å². The summed E-state index contributed by atoms with van der Waals surface area (Å²) < 4.78 is 0. The number of hydrogen-bond donors (Lipinski definition) is 1. The summed E-state index contributed by atoms with van der Waals surface area (Å²) in [5.74, 6) is 0. The first-order valence-electron chi connectivity index (χ1n) is 6.33. The number of aryl methyl sites for hydroxylation is 1. The van der Waals surface area contributed by atoms with Gasteiger partial charge in [-0.15, -0.1) is 0 Å². The predicted molar refractivity (Wildman–Crippen MR) is 69.5 cm³/mol. The molecule has 1 aromatic carbocycles. The van der Waals surface area contributed by atoms with E-state index in [9.17, 15) is 0 Å². The molecule has 0 radical (unpaired) electrons. The van der Waals surface area contributed by atoms with Crippen LogP contribution in [0, 0.1) is 23.7 Å². The Bertz CT molecular complexity index is 427. The lowest BCUT2D eigenvalue weighted by Gasteiger charge is -2.20. The Balaban J connectivity index is 1.92. The highest BCUT2D eigenvalue weighted by Gasteiger charge is 2.42. The van der Waals surface area contributed by atoms with Gasteiger partial charge in [0.15, 0.2) is 0 Å². The van der Waals surface area contributed by atoms with Crippen LogP contribution in [0.5, 0.6) is 0 Å². The second-order valence-electron chi connectivity index (χ2n) is 5.29. The minimum Gasteiger partial charge on any atom is -0.310 e. The third-order valence-corrected chi connectivity index (χ3v) is 3.85. The first kappa shape index (κ1) is 12.1. The molecule has 1 aliphatic rings. The maximum atomic E-state index is 8.79. The van der Waals surface area contributed by atoms with Crippen LogP contribution in [0.3, 0.4) is 0 Å². The zero-order valence-corrected chi connectivity index (χ0v) is 10.7. The molecule has 2 rings (SSSR count). The molecule has 1 aromatic rings. The highest BCUT2D eigenvalue weighted by Crippen LogP contribution is 2.48. The molecular formula is C15H20N2. The van der Waals surface area contributed by atoms with Crippen LogP contribution < -0.4 is 5.32 Å². The van der Waals surface area contributed by atoms with E-state index in [1.54, 1.807) is 0 Å². The molecule has 0 aromatic heterocycles. The molecule has 90 valence electrons. The maximum absolute atomic E-state index is 8.79. The second-order valence-corrected chi connectivity index (χ2v) is 5.29. The molecule has 0 bridgehead atoms. The van der Waals surface area contributed by atoms with E-state index in [0.29, 0.717) is 12.5 Å². The lowest BCUT2D eigenvalue weighted by Crippen LogP contribution is -2.27. The number of benzene rings is 1. The van der Waals surface area contributed by atoms with Crippen LogP contribution in [0.1, 0.15) is 43.4 Å². The smallest absolute Gasteiger partial charge is 0.0628 e. The monoisotopic (exact) mass is 228 g/mol. The van der Waals surface area contributed by atoms with Crippen molar-refractivity contribution >= 4 is 0 Å². The van der Waals surface area contributed by atoms with Crippen LogP contribution in [0.25, 0.3) is 0 Å². The molecule has 1 fully saturated rings. The largest absolute Gasteiger partial charge is 0.310 e. The van der Waals surface area contributed by atoms with Crippen LogP contribution in [-0.2, 0) is 0 Å². The highest BCUT2D eigenvalue weighted by atomic mass is 14.9. The Labute approximate surface area is 104 Å². The molecule has 0 amide bonds. The van der Waals surface area contributed by atoms with Crippen molar-refractivity contribution in [2.75, 3.05) is 6.54 Å². The van der Waals surface area contributed by atoms with Gasteiger partial charge in [-0.1, -0.05) is 24.3 Å².